The van der Waals surface area contributed by atoms with E-state index in [0.717, 1.165) is 5.02 Å². The van der Waals surface area contributed by atoms with E-state index in [9.17, 15) is 0 Å². The molecule has 0 amide bonds. The summed E-state index contributed by atoms with van der Waals surface area (Å²) in [5.41, 5.74) is 8.84. The molecule has 0 saturated carbocycles. The van der Waals surface area contributed by atoms with Crippen molar-refractivity contribution in [3.8, 4) is 0 Å². The first-order valence-corrected chi connectivity index (χ1v) is 11.6. The number of benzene rings is 4. The maximum absolute atomic E-state index is 6.18. The zero-order valence-corrected chi connectivity index (χ0v) is 17.6. The van der Waals surface area contributed by atoms with Crippen LogP contribution in [-0.2, 0) is 4.31 Å². The molecule has 3 aliphatic carbocycles. The first kappa shape index (κ1) is 16.6. The fourth-order valence-corrected chi connectivity index (χ4v) is 8.29. The van der Waals surface area contributed by atoms with Gasteiger partial charge in [0.15, 0.2) is 0 Å². The quantitative estimate of drug-likeness (QED) is 0.360. The third kappa shape index (κ3) is 2.13. The molecule has 134 valence electrons. The van der Waals surface area contributed by atoms with Crippen LogP contribution in [0.1, 0.15) is 39.3 Å². The van der Waals surface area contributed by atoms with Gasteiger partial charge in [0, 0.05) is 0 Å². The van der Waals surface area contributed by atoms with E-state index in [2.05, 4.69) is 84.9 Å². The van der Waals surface area contributed by atoms with Gasteiger partial charge in [-0.05, 0) is 0 Å². The molecule has 4 aromatic carbocycles. The summed E-state index contributed by atoms with van der Waals surface area (Å²) < 4.78 is 1.27. The Balaban J connectivity index is 1.71. The van der Waals surface area contributed by atoms with Crippen molar-refractivity contribution in [1.29, 1.82) is 0 Å². The van der Waals surface area contributed by atoms with Crippen LogP contribution >= 0.6 is 11.6 Å². The van der Waals surface area contributed by atoms with Crippen LogP contribution in [0, 0.1) is 0 Å². The SMILES string of the molecule is Clc1ccc([Se]C23c4ccccc4C(c4ccccc42)c2ccccc23)cc1. The van der Waals surface area contributed by atoms with Crippen molar-refractivity contribution in [2.75, 3.05) is 0 Å². The second-order valence-corrected chi connectivity index (χ2v) is 10.6. The van der Waals surface area contributed by atoms with Gasteiger partial charge in [0.05, 0.1) is 0 Å². The molecular formula is C26H17ClSe. The number of hydrogen-bond acceptors (Lipinski definition) is 0. The molecule has 2 bridgehead atoms. The van der Waals surface area contributed by atoms with Crippen molar-refractivity contribution in [1.82, 2.24) is 0 Å². The topological polar surface area (TPSA) is 0 Å². The average Bonchev–Trinajstić information content (AvgIpc) is 2.76. The van der Waals surface area contributed by atoms with Gasteiger partial charge in [0.25, 0.3) is 0 Å². The molecule has 0 nitrogen and oxygen atoms in total. The molecule has 7 rings (SSSR count). The van der Waals surface area contributed by atoms with Crippen molar-refractivity contribution in [2.24, 2.45) is 0 Å². The molecule has 0 unspecified atom stereocenters. The van der Waals surface area contributed by atoms with Crippen LogP contribution in [0.5, 0.6) is 0 Å². The molecule has 28 heavy (non-hydrogen) atoms. The van der Waals surface area contributed by atoms with Crippen LogP contribution in [-0.4, -0.2) is 15.0 Å². The summed E-state index contributed by atoms with van der Waals surface area (Å²) in [7, 11) is 0. The molecule has 3 aliphatic rings. The predicted molar refractivity (Wildman–Crippen MR) is 117 cm³/mol. The normalized spacial score (nSPS) is 21.0. The van der Waals surface area contributed by atoms with E-state index in [-0.39, 0.29) is 19.3 Å². The third-order valence-corrected chi connectivity index (χ3v) is 9.38. The first-order chi connectivity index (χ1) is 13.8. The van der Waals surface area contributed by atoms with E-state index in [4.69, 9.17) is 11.6 Å². The Morgan fingerprint density at radius 2 is 1.00 bits per heavy atom. The molecule has 0 N–H and O–H groups in total. The van der Waals surface area contributed by atoms with Gasteiger partial charge < -0.3 is 0 Å². The van der Waals surface area contributed by atoms with Crippen molar-refractivity contribution in [3.63, 3.8) is 0 Å². The van der Waals surface area contributed by atoms with Crippen molar-refractivity contribution in [3.05, 3.63) is 135 Å². The maximum atomic E-state index is 6.18. The monoisotopic (exact) mass is 444 g/mol. The summed E-state index contributed by atoms with van der Waals surface area (Å²) in [4.78, 5) is 0. The van der Waals surface area contributed by atoms with E-state index < -0.39 is 0 Å². The Bertz CT molecular complexity index is 1090. The predicted octanol–water partition coefficient (Wildman–Crippen LogP) is 5.47. The van der Waals surface area contributed by atoms with Crippen LogP contribution in [0.3, 0.4) is 0 Å². The second kappa shape index (κ2) is 6.09. The van der Waals surface area contributed by atoms with Crippen LogP contribution < -0.4 is 4.46 Å². The molecule has 0 atom stereocenters. The molecule has 0 fully saturated rings. The van der Waals surface area contributed by atoms with Gasteiger partial charge in [0.1, 0.15) is 0 Å². The van der Waals surface area contributed by atoms with E-state index in [0.29, 0.717) is 5.92 Å². The Morgan fingerprint density at radius 1 is 0.571 bits per heavy atom. The molecule has 0 saturated heterocycles. The summed E-state index contributed by atoms with van der Waals surface area (Å²) in [5, 5.41) is 0.797. The van der Waals surface area contributed by atoms with Crippen molar-refractivity contribution < 1.29 is 0 Å². The summed E-state index contributed by atoms with van der Waals surface area (Å²) in [6.45, 7) is 0. The Hall–Kier alpha value is -2.31. The van der Waals surface area contributed by atoms with Gasteiger partial charge in [-0.1, -0.05) is 0 Å². The Morgan fingerprint density at radius 3 is 1.46 bits per heavy atom. The third-order valence-electron chi connectivity index (χ3n) is 6.04. The fraction of sp³-hybridized carbons (Fsp3) is 0.0769. The first-order valence-electron chi connectivity index (χ1n) is 9.52. The van der Waals surface area contributed by atoms with E-state index in [1.54, 1.807) is 0 Å². The number of halogens is 1. The minimum atomic E-state index is -0.0979. The van der Waals surface area contributed by atoms with Gasteiger partial charge in [-0.15, -0.1) is 0 Å². The molecule has 0 aliphatic heterocycles. The number of rotatable bonds is 2. The van der Waals surface area contributed by atoms with Crippen LogP contribution in [0.2, 0.25) is 5.02 Å². The van der Waals surface area contributed by atoms with Crippen molar-refractivity contribution >= 4 is 31.0 Å². The second-order valence-electron chi connectivity index (χ2n) is 7.43. The summed E-state index contributed by atoms with van der Waals surface area (Å²) in [5.74, 6) is 0.339. The van der Waals surface area contributed by atoms with Crippen LogP contribution in [0.15, 0.2) is 97.1 Å². The summed E-state index contributed by atoms with van der Waals surface area (Å²) >= 11 is 6.37. The molecule has 0 heterocycles. The van der Waals surface area contributed by atoms with Gasteiger partial charge in [0.2, 0.25) is 0 Å². The van der Waals surface area contributed by atoms with E-state index >= 15 is 0 Å². The van der Waals surface area contributed by atoms with Gasteiger partial charge in [-0.3, -0.25) is 0 Å². The minimum absolute atomic E-state index is 0.0979. The summed E-state index contributed by atoms with van der Waals surface area (Å²) in [6, 6.07) is 35.7. The molecule has 0 radical (unpaired) electrons. The Labute approximate surface area is 176 Å². The molecular weight excluding hydrogens is 427 g/mol. The van der Waals surface area contributed by atoms with Gasteiger partial charge >= 0.3 is 177 Å². The fourth-order valence-electron chi connectivity index (χ4n) is 4.99. The van der Waals surface area contributed by atoms with E-state index in [1.165, 1.54) is 37.8 Å². The average molecular weight is 444 g/mol. The van der Waals surface area contributed by atoms with Gasteiger partial charge in [-0.25, -0.2) is 0 Å². The molecule has 2 heteroatoms. The number of hydrogen-bond donors (Lipinski definition) is 0. The van der Waals surface area contributed by atoms with Crippen LogP contribution in [0.4, 0.5) is 0 Å². The summed E-state index contributed by atoms with van der Waals surface area (Å²) in [6.07, 6.45) is 0. The molecule has 4 aromatic rings. The van der Waals surface area contributed by atoms with E-state index in [1.807, 2.05) is 12.1 Å². The van der Waals surface area contributed by atoms with Crippen molar-refractivity contribution in [2.45, 2.75) is 10.2 Å². The molecule has 0 spiro atoms. The zero-order valence-electron chi connectivity index (χ0n) is 15.1. The molecule has 0 aromatic heterocycles. The Kier molecular flexibility index (Phi) is 3.62. The standard InChI is InChI=1S/C26H17ClSe/c27-17-13-15-18(16-14-17)28-26-22-10-4-1-7-19(22)25(20-8-2-5-11-23(20)26)21-9-3-6-12-24(21)26/h1-16,25H. The zero-order chi connectivity index (χ0) is 18.7. The van der Waals surface area contributed by atoms with Gasteiger partial charge in [-0.2, -0.15) is 0 Å². The van der Waals surface area contributed by atoms with Crippen LogP contribution in [0.25, 0.3) is 0 Å².